The molecule has 1 aromatic carbocycles. The second-order valence-corrected chi connectivity index (χ2v) is 4.73. The molecule has 1 amide bonds. The minimum absolute atomic E-state index is 0.0486. The molecule has 86 valence electrons. The highest BCUT2D eigenvalue weighted by Gasteiger charge is 2.30. The molecular weight excluding hydrogens is 202 g/mol. The number of carbonyl (C=O) groups excluding carboxylic acids is 1. The lowest BCUT2D eigenvalue weighted by atomic mass is 10.0. The second kappa shape index (κ2) is 3.81. The van der Waals surface area contributed by atoms with Crippen LogP contribution < -0.4 is 10.1 Å². The lowest BCUT2D eigenvalue weighted by molar-refractivity contribution is -0.125. The SMILES string of the molecule is Cc1cc(C)c2c(c1)NC(=O)[C@H](C(C)C)O2. The normalized spacial score (nSPS) is 19.1. The fourth-order valence-corrected chi connectivity index (χ4v) is 2.03. The first-order chi connectivity index (χ1) is 7.49. The topological polar surface area (TPSA) is 38.3 Å². The molecule has 0 radical (unpaired) electrons. The van der Waals surface area contributed by atoms with Crippen LogP contribution in [0.3, 0.4) is 0 Å². The van der Waals surface area contributed by atoms with E-state index >= 15 is 0 Å². The lowest BCUT2D eigenvalue weighted by Gasteiger charge is -2.29. The van der Waals surface area contributed by atoms with E-state index in [9.17, 15) is 4.79 Å². The molecule has 0 aromatic heterocycles. The molecule has 0 bridgehead atoms. The largest absolute Gasteiger partial charge is 0.478 e. The first-order valence-electron chi connectivity index (χ1n) is 5.58. The van der Waals surface area contributed by atoms with Crippen molar-refractivity contribution in [2.75, 3.05) is 5.32 Å². The van der Waals surface area contributed by atoms with Crippen molar-refractivity contribution >= 4 is 11.6 Å². The number of rotatable bonds is 1. The Morgan fingerprint density at radius 3 is 2.62 bits per heavy atom. The highest BCUT2D eigenvalue weighted by atomic mass is 16.5. The Bertz CT molecular complexity index is 438. The monoisotopic (exact) mass is 219 g/mol. The summed E-state index contributed by atoms with van der Waals surface area (Å²) in [4.78, 5) is 11.8. The van der Waals surface area contributed by atoms with Crippen molar-refractivity contribution in [2.45, 2.75) is 33.8 Å². The fraction of sp³-hybridized carbons (Fsp3) is 0.462. The Hall–Kier alpha value is -1.51. The second-order valence-electron chi connectivity index (χ2n) is 4.73. The Balaban J connectivity index is 2.43. The van der Waals surface area contributed by atoms with Crippen LogP contribution in [0.15, 0.2) is 12.1 Å². The number of hydrogen-bond donors (Lipinski definition) is 1. The Morgan fingerprint density at radius 2 is 2.00 bits per heavy atom. The van der Waals surface area contributed by atoms with E-state index in [-0.39, 0.29) is 17.9 Å². The van der Waals surface area contributed by atoms with Crippen molar-refractivity contribution < 1.29 is 9.53 Å². The number of anilines is 1. The first-order valence-corrected chi connectivity index (χ1v) is 5.58. The predicted octanol–water partition coefficient (Wildman–Crippen LogP) is 2.66. The number of nitrogens with one attached hydrogen (secondary N) is 1. The van der Waals surface area contributed by atoms with Gasteiger partial charge in [-0.05, 0) is 37.0 Å². The average Bonchev–Trinajstić information content (AvgIpc) is 2.15. The molecule has 1 aliphatic heterocycles. The molecule has 2 rings (SSSR count). The number of amides is 1. The molecule has 0 fully saturated rings. The third-order valence-electron chi connectivity index (χ3n) is 2.79. The molecule has 3 heteroatoms. The van der Waals surface area contributed by atoms with Gasteiger partial charge in [0.2, 0.25) is 0 Å². The van der Waals surface area contributed by atoms with E-state index in [2.05, 4.69) is 11.4 Å². The number of carbonyl (C=O) groups is 1. The number of hydrogen-bond acceptors (Lipinski definition) is 2. The van der Waals surface area contributed by atoms with E-state index in [1.807, 2.05) is 33.8 Å². The zero-order valence-electron chi connectivity index (χ0n) is 10.1. The Labute approximate surface area is 95.8 Å². The smallest absolute Gasteiger partial charge is 0.265 e. The highest BCUT2D eigenvalue weighted by molar-refractivity contribution is 5.98. The zero-order chi connectivity index (χ0) is 11.9. The maximum atomic E-state index is 11.8. The number of benzene rings is 1. The predicted molar refractivity (Wildman–Crippen MR) is 63.8 cm³/mol. The van der Waals surface area contributed by atoms with Crippen LogP contribution in [0, 0.1) is 19.8 Å². The summed E-state index contributed by atoms with van der Waals surface area (Å²) in [5.74, 6) is 0.935. The number of ether oxygens (including phenoxy) is 1. The number of aryl methyl sites for hydroxylation is 2. The Morgan fingerprint density at radius 1 is 1.31 bits per heavy atom. The maximum absolute atomic E-state index is 11.8. The van der Waals surface area contributed by atoms with E-state index < -0.39 is 0 Å². The zero-order valence-corrected chi connectivity index (χ0v) is 10.1. The maximum Gasteiger partial charge on any atom is 0.265 e. The summed E-state index contributed by atoms with van der Waals surface area (Å²) in [5.41, 5.74) is 2.99. The van der Waals surface area contributed by atoms with E-state index in [1.165, 1.54) is 0 Å². The molecule has 0 unspecified atom stereocenters. The summed E-state index contributed by atoms with van der Waals surface area (Å²) in [5, 5.41) is 2.91. The number of fused-ring (bicyclic) bond motifs is 1. The summed E-state index contributed by atoms with van der Waals surface area (Å²) in [6.45, 7) is 7.98. The van der Waals surface area contributed by atoms with Crippen molar-refractivity contribution in [1.82, 2.24) is 0 Å². The molecule has 0 saturated heterocycles. The van der Waals surface area contributed by atoms with Crippen molar-refractivity contribution in [3.8, 4) is 5.75 Å². The van der Waals surface area contributed by atoms with Gasteiger partial charge in [-0.25, -0.2) is 0 Å². The summed E-state index contributed by atoms with van der Waals surface area (Å²) in [6.07, 6.45) is -0.381. The van der Waals surface area contributed by atoms with Gasteiger partial charge < -0.3 is 10.1 Å². The van der Waals surface area contributed by atoms with Gasteiger partial charge >= 0.3 is 0 Å². The molecule has 0 spiro atoms. The van der Waals surface area contributed by atoms with Gasteiger partial charge in [-0.2, -0.15) is 0 Å². The van der Waals surface area contributed by atoms with Gasteiger partial charge in [0.1, 0.15) is 5.75 Å². The van der Waals surface area contributed by atoms with Crippen LogP contribution in [0.5, 0.6) is 5.75 Å². The third-order valence-corrected chi connectivity index (χ3v) is 2.79. The molecule has 3 nitrogen and oxygen atoms in total. The van der Waals surface area contributed by atoms with Crippen LogP contribution in [0.25, 0.3) is 0 Å². The van der Waals surface area contributed by atoms with E-state index in [1.54, 1.807) is 0 Å². The molecule has 0 aliphatic carbocycles. The van der Waals surface area contributed by atoms with Crippen molar-refractivity contribution in [3.05, 3.63) is 23.3 Å². The fourth-order valence-electron chi connectivity index (χ4n) is 2.03. The lowest BCUT2D eigenvalue weighted by Crippen LogP contribution is -2.40. The summed E-state index contributed by atoms with van der Waals surface area (Å²) < 4.78 is 5.78. The van der Waals surface area contributed by atoms with Crippen LogP contribution in [0.1, 0.15) is 25.0 Å². The molecular formula is C13H17NO2. The standard InChI is InChI=1S/C13H17NO2/c1-7(2)11-13(15)14-10-6-8(3)5-9(4)12(10)16-11/h5-7,11H,1-4H3,(H,14,15)/t11-/m0/s1. The van der Waals surface area contributed by atoms with Crippen LogP contribution in [0.4, 0.5) is 5.69 Å². The van der Waals surface area contributed by atoms with Gasteiger partial charge in [0.15, 0.2) is 6.10 Å². The van der Waals surface area contributed by atoms with Gasteiger partial charge in [-0.15, -0.1) is 0 Å². The van der Waals surface area contributed by atoms with Crippen LogP contribution in [0.2, 0.25) is 0 Å². The van der Waals surface area contributed by atoms with Gasteiger partial charge in [-0.1, -0.05) is 19.9 Å². The van der Waals surface area contributed by atoms with Gasteiger partial charge in [0.05, 0.1) is 5.69 Å². The van der Waals surface area contributed by atoms with Crippen LogP contribution >= 0.6 is 0 Å². The Kier molecular flexibility index (Phi) is 2.62. The average molecular weight is 219 g/mol. The van der Waals surface area contributed by atoms with Gasteiger partial charge in [0.25, 0.3) is 5.91 Å². The molecule has 16 heavy (non-hydrogen) atoms. The van der Waals surface area contributed by atoms with Crippen molar-refractivity contribution in [1.29, 1.82) is 0 Å². The van der Waals surface area contributed by atoms with Crippen molar-refractivity contribution in [2.24, 2.45) is 5.92 Å². The highest BCUT2D eigenvalue weighted by Crippen LogP contribution is 2.35. The summed E-state index contributed by atoms with van der Waals surface area (Å²) >= 11 is 0. The van der Waals surface area contributed by atoms with Crippen LogP contribution in [-0.4, -0.2) is 12.0 Å². The summed E-state index contributed by atoms with van der Waals surface area (Å²) in [6, 6.07) is 4.00. The third kappa shape index (κ3) is 1.77. The molecule has 1 atom stereocenters. The van der Waals surface area contributed by atoms with Gasteiger partial charge in [-0.3, -0.25) is 4.79 Å². The van der Waals surface area contributed by atoms with Crippen molar-refractivity contribution in [3.63, 3.8) is 0 Å². The van der Waals surface area contributed by atoms with Gasteiger partial charge in [0, 0.05) is 0 Å². The first kappa shape index (κ1) is 11.0. The van der Waals surface area contributed by atoms with E-state index in [4.69, 9.17) is 4.74 Å². The molecule has 0 saturated carbocycles. The van der Waals surface area contributed by atoms with E-state index in [0.717, 1.165) is 22.6 Å². The van der Waals surface area contributed by atoms with Crippen LogP contribution in [-0.2, 0) is 4.79 Å². The van der Waals surface area contributed by atoms with E-state index in [0.29, 0.717) is 0 Å². The minimum Gasteiger partial charge on any atom is -0.478 e. The molecule has 1 heterocycles. The molecule has 1 N–H and O–H groups in total. The quantitative estimate of drug-likeness (QED) is 0.788. The summed E-state index contributed by atoms with van der Waals surface area (Å²) in [7, 11) is 0. The molecule has 1 aliphatic rings. The molecule has 1 aromatic rings. The minimum atomic E-state index is -0.381.